The third-order valence-corrected chi connectivity index (χ3v) is 9.92. The van der Waals surface area contributed by atoms with Crippen LogP contribution in [0.3, 0.4) is 0 Å². The van der Waals surface area contributed by atoms with Gasteiger partial charge in [-0.25, -0.2) is 19.6 Å². The summed E-state index contributed by atoms with van der Waals surface area (Å²) in [6, 6.07) is 31.1. The van der Waals surface area contributed by atoms with E-state index >= 15 is 0 Å². The molecule has 1 saturated heterocycles. The second-order valence-electron chi connectivity index (χ2n) is 13.4. The molecule has 5 heterocycles. The van der Waals surface area contributed by atoms with Gasteiger partial charge >= 0.3 is 0 Å². The van der Waals surface area contributed by atoms with Crippen molar-refractivity contribution < 1.29 is 19.0 Å². The van der Waals surface area contributed by atoms with Gasteiger partial charge in [0.25, 0.3) is 5.91 Å². The lowest BCUT2D eigenvalue weighted by Crippen LogP contribution is -2.41. The van der Waals surface area contributed by atoms with Crippen molar-refractivity contribution in [1.82, 2.24) is 34.6 Å². The van der Waals surface area contributed by atoms with Gasteiger partial charge in [0.05, 0.1) is 29.9 Å². The molecular weight excluding hydrogens is 669 g/mol. The summed E-state index contributed by atoms with van der Waals surface area (Å²) in [5.74, 6) is 2.09. The maximum Gasteiger partial charge on any atom is 0.251 e. The molecule has 1 atom stereocenters. The zero-order chi connectivity index (χ0) is 35.9. The number of imidazole rings is 1. The summed E-state index contributed by atoms with van der Waals surface area (Å²) in [7, 11) is 0. The van der Waals surface area contributed by atoms with Gasteiger partial charge in [-0.05, 0) is 97.1 Å². The number of aromatic nitrogens is 6. The highest BCUT2D eigenvalue weighted by molar-refractivity contribution is 5.95. The molecule has 1 amide bonds. The number of pyridine rings is 2. The van der Waals surface area contributed by atoms with E-state index in [-0.39, 0.29) is 5.91 Å². The average molecular weight is 705 g/mol. The molecule has 0 radical (unpaired) electrons. The predicted molar refractivity (Wildman–Crippen MR) is 199 cm³/mol. The van der Waals surface area contributed by atoms with Crippen LogP contribution in [0.5, 0.6) is 5.75 Å². The lowest BCUT2D eigenvalue weighted by atomic mass is 9.93. The molecule has 1 aliphatic heterocycles. The van der Waals surface area contributed by atoms with Gasteiger partial charge in [0, 0.05) is 29.8 Å². The average Bonchev–Trinajstić information content (AvgIpc) is 4.02. The van der Waals surface area contributed by atoms with Crippen LogP contribution in [0.1, 0.15) is 52.2 Å². The second-order valence-corrected chi connectivity index (χ2v) is 13.4. The van der Waals surface area contributed by atoms with Crippen molar-refractivity contribution in [3.05, 3.63) is 143 Å². The van der Waals surface area contributed by atoms with Gasteiger partial charge in [-0.1, -0.05) is 36.4 Å². The predicted octanol–water partition coefficient (Wildman–Crippen LogP) is 6.47. The van der Waals surface area contributed by atoms with Crippen molar-refractivity contribution in [3.8, 4) is 28.6 Å². The van der Waals surface area contributed by atoms with E-state index in [1.54, 1.807) is 23.1 Å². The van der Waals surface area contributed by atoms with Gasteiger partial charge in [-0.15, -0.1) is 0 Å². The van der Waals surface area contributed by atoms with Crippen LogP contribution in [0.2, 0.25) is 0 Å². The van der Waals surface area contributed by atoms with Gasteiger partial charge in [-0.2, -0.15) is 5.10 Å². The first kappa shape index (κ1) is 32.5. The van der Waals surface area contributed by atoms with Crippen molar-refractivity contribution in [2.75, 3.05) is 18.9 Å². The number of aryl methyl sites for hydroxylation is 1. The quantitative estimate of drug-likeness (QED) is 0.173. The van der Waals surface area contributed by atoms with E-state index in [0.29, 0.717) is 70.9 Å². The maximum atomic E-state index is 14.0. The summed E-state index contributed by atoms with van der Waals surface area (Å²) in [5.41, 5.74) is 13.1. The normalized spacial score (nSPS) is 16.9. The van der Waals surface area contributed by atoms with E-state index in [1.807, 2.05) is 89.6 Å². The fourth-order valence-corrected chi connectivity index (χ4v) is 7.23. The molecule has 1 unspecified atom stereocenters. The third-order valence-electron chi connectivity index (χ3n) is 9.92. The third kappa shape index (κ3) is 6.07. The minimum absolute atomic E-state index is 0.191. The number of hydrogen-bond donors (Lipinski definition) is 2. The SMILES string of the molecule is CC1(NC(=O)c2ccc(OCc3ccccc3)c(C3OCCO3)c2)CCc2cc(-n3c(-c4cccnc4N)nc4ccc(-n5cccn5)nc43)ccc21. The van der Waals surface area contributed by atoms with Crippen LogP contribution in [0.25, 0.3) is 34.1 Å². The van der Waals surface area contributed by atoms with Gasteiger partial charge < -0.3 is 25.3 Å². The summed E-state index contributed by atoms with van der Waals surface area (Å²) >= 11 is 0. The molecule has 3 aromatic carbocycles. The topological polar surface area (TPSA) is 144 Å². The van der Waals surface area contributed by atoms with E-state index < -0.39 is 11.8 Å². The van der Waals surface area contributed by atoms with Crippen LogP contribution in [-0.2, 0) is 28.0 Å². The Hall–Kier alpha value is -6.37. The fourth-order valence-electron chi connectivity index (χ4n) is 7.23. The van der Waals surface area contributed by atoms with E-state index in [0.717, 1.165) is 35.2 Å². The number of carbonyl (C=O) groups is 1. The minimum Gasteiger partial charge on any atom is -0.488 e. The van der Waals surface area contributed by atoms with Crippen molar-refractivity contribution in [2.45, 2.75) is 38.2 Å². The van der Waals surface area contributed by atoms with Crippen LogP contribution < -0.4 is 15.8 Å². The van der Waals surface area contributed by atoms with Crippen molar-refractivity contribution in [3.63, 3.8) is 0 Å². The van der Waals surface area contributed by atoms with E-state index in [1.165, 1.54) is 0 Å². The summed E-state index contributed by atoms with van der Waals surface area (Å²) in [6.45, 7) is 3.41. The number of anilines is 1. The first-order valence-corrected chi connectivity index (χ1v) is 17.5. The Morgan fingerprint density at radius 3 is 2.64 bits per heavy atom. The lowest BCUT2D eigenvalue weighted by Gasteiger charge is -2.28. The summed E-state index contributed by atoms with van der Waals surface area (Å²) in [4.78, 5) is 28.3. The number of hydrogen-bond acceptors (Lipinski definition) is 9. The number of nitrogens with zero attached hydrogens (tertiary/aromatic N) is 6. The van der Waals surface area contributed by atoms with Gasteiger partial charge in [-0.3, -0.25) is 9.36 Å². The molecule has 12 heteroatoms. The summed E-state index contributed by atoms with van der Waals surface area (Å²) in [6.07, 6.45) is 6.12. The number of ether oxygens (including phenoxy) is 3. The molecule has 1 aliphatic carbocycles. The highest BCUT2D eigenvalue weighted by atomic mass is 16.7. The van der Waals surface area contributed by atoms with Gasteiger partial charge in [0.2, 0.25) is 0 Å². The highest BCUT2D eigenvalue weighted by Gasteiger charge is 2.37. The number of fused-ring (bicyclic) bond motifs is 2. The van der Waals surface area contributed by atoms with Crippen LogP contribution in [0.15, 0.2) is 116 Å². The number of nitrogen functional groups attached to an aromatic ring is 1. The second kappa shape index (κ2) is 13.3. The molecule has 3 N–H and O–H groups in total. The fraction of sp³-hybridized carbons (Fsp3) is 0.195. The molecule has 0 spiro atoms. The highest BCUT2D eigenvalue weighted by Crippen LogP contribution is 2.40. The Kier molecular flexibility index (Phi) is 8.17. The molecule has 0 bridgehead atoms. The monoisotopic (exact) mass is 704 g/mol. The number of nitrogens with two attached hydrogens (primary N) is 1. The molecule has 4 aromatic heterocycles. The molecule has 264 valence electrons. The number of amides is 1. The summed E-state index contributed by atoms with van der Waals surface area (Å²) < 4.78 is 21.6. The Bertz CT molecular complexity index is 2460. The molecule has 7 aromatic rings. The number of rotatable bonds is 9. The molecule has 9 rings (SSSR count). The maximum absolute atomic E-state index is 14.0. The zero-order valence-electron chi connectivity index (χ0n) is 29.0. The molecule has 0 saturated carbocycles. The summed E-state index contributed by atoms with van der Waals surface area (Å²) in [5, 5.41) is 7.72. The Labute approximate surface area is 305 Å². The van der Waals surface area contributed by atoms with Crippen molar-refractivity contribution in [2.24, 2.45) is 0 Å². The first-order valence-electron chi connectivity index (χ1n) is 17.5. The van der Waals surface area contributed by atoms with Crippen molar-refractivity contribution in [1.29, 1.82) is 0 Å². The minimum atomic E-state index is -0.606. The standard InChI is InChI=1S/C41H36N8O4/c1-41(47-39(50)28-10-14-34(31(24-28)40-51-21-22-52-40)53-25-26-7-3-2-4-8-26)17-16-27-23-29(11-12-32(27)41)49-37(30-9-5-18-43-36(30)42)45-33-13-15-35(46-38(33)49)48-20-6-19-44-48/h2-15,18-20,23-24,40H,16-17,21-22,25H2,1H3,(H2,42,43)(H,47,50). The van der Waals surface area contributed by atoms with Crippen LogP contribution in [0.4, 0.5) is 5.82 Å². The molecule has 12 nitrogen and oxygen atoms in total. The molecule has 1 fully saturated rings. The smallest absolute Gasteiger partial charge is 0.251 e. The Morgan fingerprint density at radius 1 is 0.962 bits per heavy atom. The number of carbonyl (C=O) groups excluding carboxylic acids is 1. The number of benzene rings is 3. The van der Waals surface area contributed by atoms with Crippen molar-refractivity contribution >= 4 is 22.9 Å². The van der Waals surface area contributed by atoms with Crippen LogP contribution in [-0.4, -0.2) is 48.4 Å². The van der Waals surface area contributed by atoms with Gasteiger partial charge in [0.15, 0.2) is 23.6 Å². The Balaban J connectivity index is 1.03. The van der Waals surface area contributed by atoms with Gasteiger partial charge in [0.1, 0.15) is 23.7 Å². The van der Waals surface area contributed by atoms with E-state index in [4.69, 9.17) is 29.9 Å². The molecular formula is C41H36N8O4. The van der Waals surface area contributed by atoms with E-state index in [2.05, 4.69) is 34.5 Å². The molecule has 53 heavy (non-hydrogen) atoms. The van der Waals surface area contributed by atoms with Crippen LogP contribution >= 0.6 is 0 Å². The molecule has 2 aliphatic rings. The van der Waals surface area contributed by atoms with Crippen LogP contribution in [0, 0.1) is 0 Å². The number of nitrogens with one attached hydrogen (secondary N) is 1. The van der Waals surface area contributed by atoms with E-state index in [9.17, 15) is 4.79 Å². The Morgan fingerprint density at radius 2 is 1.83 bits per heavy atom. The zero-order valence-corrected chi connectivity index (χ0v) is 29.0. The first-order chi connectivity index (χ1) is 25.9. The largest absolute Gasteiger partial charge is 0.488 e. The lowest BCUT2D eigenvalue weighted by molar-refractivity contribution is -0.0459.